The molecule has 3 nitrogen and oxygen atoms in total. The van der Waals surface area contributed by atoms with Gasteiger partial charge in [0.1, 0.15) is 0 Å². The Hall–Kier alpha value is -1.77. The summed E-state index contributed by atoms with van der Waals surface area (Å²) in [4.78, 5) is 12.3. The lowest BCUT2D eigenvalue weighted by molar-refractivity contribution is -0.109. The topological polar surface area (TPSA) is 44.9 Å². The molecule has 1 aromatic carbocycles. The van der Waals surface area contributed by atoms with E-state index in [1.807, 2.05) is 0 Å². The largest absolute Gasteiger partial charge is 0.362 e. The van der Waals surface area contributed by atoms with Gasteiger partial charge in [-0.15, -0.1) is 0 Å². The van der Waals surface area contributed by atoms with E-state index in [9.17, 15) is 0 Å². The van der Waals surface area contributed by atoms with E-state index in [0.717, 1.165) is 6.42 Å². The number of nitrogens with one attached hydrogen (secondary N) is 2. The Morgan fingerprint density at radius 1 is 1.40 bits per heavy atom. The van der Waals surface area contributed by atoms with Crippen LogP contribution in [-0.4, -0.2) is 18.4 Å². The Labute approximate surface area is 89.5 Å². The molecule has 2 aromatic rings. The molecule has 0 fully saturated rings. The predicted molar refractivity (Wildman–Crippen MR) is 62.8 cm³/mol. The van der Waals surface area contributed by atoms with Crippen LogP contribution in [0.3, 0.4) is 0 Å². The molecule has 15 heavy (non-hydrogen) atoms. The lowest BCUT2D eigenvalue weighted by Gasteiger charge is -1.90. The van der Waals surface area contributed by atoms with Crippen LogP contribution in [0.15, 0.2) is 30.5 Å². The summed E-state index contributed by atoms with van der Waals surface area (Å²) in [5.74, 6) is 0. The van der Waals surface area contributed by atoms with Crippen molar-refractivity contribution in [3.63, 3.8) is 0 Å². The van der Waals surface area contributed by atoms with Gasteiger partial charge < -0.3 is 10.3 Å². The molecule has 0 bridgehead atoms. The van der Waals surface area contributed by atoms with Gasteiger partial charge in [-0.05, 0) is 18.1 Å². The first kappa shape index (κ1) is 11.3. The lowest BCUT2D eigenvalue weighted by Crippen LogP contribution is -1.98. The summed E-state index contributed by atoms with van der Waals surface area (Å²) in [5.41, 5.74) is 2.64. The third-order valence-electron chi connectivity index (χ3n) is 2.17. The van der Waals surface area contributed by atoms with Crippen molar-refractivity contribution in [2.45, 2.75) is 13.3 Å². The summed E-state index contributed by atoms with van der Waals surface area (Å²) >= 11 is 0. The van der Waals surface area contributed by atoms with E-state index in [2.05, 4.69) is 47.7 Å². The van der Waals surface area contributed by atoms with Crippen LogP contribution in [0.1, 0.15) is 12.5 Å². The van der Waals surface area contributed by atoms with Gasteiger partial charge in [0.15, 0.2) is 0 Å². The van der Waals surface area contributed by atoms with Crippen LogP contribution >= 0.6 is 0 Å². The number of aromatic nitrogens is 1. The van der Waals surface area contributed by atoms with Crippen molar-refractivity contribution in [3.8, 4) is 0 Å². The van der Waals surface area contributed by atoms with Crippen molar-refractivity contribution in [2.24, 2.45) is 0 Å². The van der Waals surface area contributed by atoms with E-state index in [1.54, 1.807) is 7.05 Å². The highest BCUT2D eigenvalue weighted by Crippen LogP contribution is 2.17. The zero-order chi connectivity index (χ0) is 11.1. The Kier molecular flexibility index (Phi) is 4.41. The highest BCUT2D eigenvalue weighted by atomic mass is 16.1. The van der Waals surface area contributed by atoms with Gasteiger partial charge in [0.2, 0.25) is 6.41 Å². The van der Waals surface area contributed by atoms with Crippen LogP contribution in [0, 0.1) is 0 Å². The number of aryl methyl sites for hydroxylation is 1. The number of amides is 1. The number of para-hydroxylation sites is 1. The molecule has 0 aliphatic rings. The summed E-state index contributed by atoms with van der Waals surface area (Å²) < 4.78 is 0. The number of fused-ring (bicyclic) bond motifs is 1. The van der Waals surface area contributed by atoms with Gasteiger partial charge in [0.25, 0.3) is 0 Å². The van der Waals surface area contributed by atoms with E-state index in [0.29, 0.717) is 6.41 Å². The van der Waals surface area contributed by atoms with Gasteiger partial charge in [-0.2, -0.15) is 0 Å². The SMILES string of the molecule is CCc1c[nH]c2ccccc12.CNC=O. The third-order valence-corrected chi connectivity index (χ3v) is 2.17. The standard InChI is InChI=1S/C10H11N.C2H5NO/c1-2-8-7-11-10-6-4-3-5-9(8)10;1-3-2-4/h3-7,11H,2H2,1H3;2H,1H3,(H,3,4). The van der Waals surface area contributed by atoms with Crippen LogP contribution in [0.5, 0.6) is 0 Å². The number of aromatic amines is 1. The smallest absolute Gasteiger partial charge is 0.206 e. The normalized spacial score (nSPS) is 9.20. The van der Waals surface area contributed by atoms with Crippen molar-refractivity contribution in [2.75, 3.05) is 7.05 Å². The number of hydrogen-bond acceptors (Lipinski definition) is 1. The summed E-state index contributed by atoms with van der Waals surface area (Å²) in [6, 6.07) is 8.40. The number of hydrogen-bond donors (Lipinski definition) is 2. The van der Waals surface area contributed by atoms with Gasteiger partial charge in [-0.25, -0.2) is 0 Å². The fraction of sp³-hybridized carbons (Fsp3) is 0.250. The average Bonchev–Trinajstić information content (AvgIpc) is 2.72. The number of carbonyl (C=O) groups is 1. The van der Waals surface area contributed by atoms with Crippen molar-refractivity contribution in [1.29, 1.82) is 0 Å². The molecule has 0 aliphatic carbocycles. The first-order valence-corrected chi connectivity index (χ1v) is 4.99. The predicted octanol–water partition coefficient (Wildman–Crippen LogP) is 2.09. The van der Waals surface area contributed by atoms with E-state index < -0.39 is 0 Å². The Bertz CT molecular complexity index is 420. The summed E-state index contributed by atoms with van der Waals surface area (Å²) in [6.07, 6.45) is 3.81. The second kappa shape index (κ2) is 5.86. The molecule has 80 valence electrons. The Balaban J connectivity index is 0.000000245. The number of rotatable bonds is 2. The molecule has 0 saturated carbocycles. The number of H-pyrrole nitrogens is 1. The van der Waals surface area contributed by atoms with Gasteiger partial charge in [0, 0.05) is 24.1 Å². The second-order valence-electron chi connectivity index (χ2n) is 3.12. The minimum Gasteiger partial charge on any atom is -0.362 e. The Morgan fingerprint density at radius 2 is 2.07 bits per heavy atom. The monoisotopic (exact) mass is 204 g/mol. The van der Waals surface area contributed by atoms with E-state index in [1.165, 1.54) is 16.5 Å². The average molecular weight is 204 g/mol. The first-order valence-electron chi connectivity index (χ1n) is 4.99. The lowest BCUT2D eigenvalue weighted by atomic mass is 10.1. The highest BCUT2D eigenvalue weighted by Gasteiger charge is 1.97. The Morgan fingerprint density at radius 3 is 2.67 bits per heavy atom. The minimum absolute atomic E-state index is 0.625. The molecule has 1 heterocycles. The molecule has 3 heteroatoms. The van der Waals surface area contributed by atoms with Gasteiger partial charge in [-0.3, -0.25) is 4.79 Å². The maximum absolute atomic E-state index is 9.06. The molecule has 1 aromatic heterocycles. The third kappa shape index (κ3) is 2.84. The van der Waals surface area contributed by atoms with E-state index in [4.69, 9.17) is 4.79 Å². The van der Waals surface area contributed by atoms with Crippen LogP contribution < -0.4 is 5.32 Å². The van der Waals surface area contributed by atoms with Gasteiger partial charge in [-0.1, -0.05) is 25.1 Å². The van der Waals surface area contributed by atoms with Crippen LogP contribution in [0.2, 0.25) is 0 Å². The molecule has 2 rings (SSSR count). The zero-order valence-corrected chi connectivity index (χ0v) is 9.08. The molecule has 0 radical (unpaired) electrons. The first-order chi connectivity index (χ1) is 7.33. The maximum atomic E-state index is 9.06. The zero-order valence-electron chi connectivity index (χ0n) is 9.08. The second-order valence-corrected chi connectivity index (χ2v) is 3.12. The molecule has 2 N–H and O–H groups in total. The van der Waals surface area contributed by atoms with Crippen molar-refractivity contribution in [3.05, 3.63) is 36.0 Å². The highest BCUT2D eigenvalue weighted by molar-refractivity contribution is 5.82. The molecule has 1 amide bonds. The van der Waals surface area contributed by atoms with Crippen molar-refractivity contribution in [1.82, 2.24) is 10.3 Å². The van der Waals surface area contributed by atoms with Crippen molar-refractivity contribution < 1.29 is 4.79 Å². The maximum Gasteiger partial charge on any atom is 0.206 e. The minimum atomic E-state index is 0.625. The molecule has 0 aliphatic heterocycles. The quantitative estimate of drug-likeness (QED) is 0.723. The number of benzene rings is 1. The van der Waals surface area contributed by atoms with E-state index >= 15 is 0 Å². The van der Waals surface area contributed by atoms with Crippen LogP contribution in [-0.2, 0) is 11.2 Å². The summed E-state index contributed by atoms with van der Waals surface area (Å²) in [6.45, 7) is 2.18. The van der Waals surface area contributed by atoms with Crippen LogP contribution in [0.25, 0.3) is 10.9 Å². The van der Waals surface area contributed by atoms with Crippen LogP contribution in [0.4, 0.5) is 0 Å². The summed E-state index contributed by atoms with van der Waals surface area (Å²) in [5, 5.41) is 3.61. The molecule has 0 spiro atoms. The fourth-order valence-electron chi connectivity index (χ4n) is 1.42. The molecule has 0 atom stereocenters. The molecular weight excluding hydrogens is 188 g/mol. The number of carbonyl (C=O) groups excluding carboxylic acids is 1. The van der Waals surface area contributed by atoms with Gasteiger partial charge in [0.05, 0.1) is 0 Å². The van der Waals surface area contributed by atoms with E-state index in [-0.39, 0.29) is 0 Å². The fourth-order valence-corrected chi connectivity index (χ4v) is 1.42. The molecule has 0 saturated heterocycles. The van der Waals surface area contributed by atoms with Gasteiger partial charge >= 0.3 is 0 Å². The summed E-state index contributed by atoms with van der Waals surface area (Å²) in [7, 11) is 1.56. The molecular formula is C12H16N2O. The van der Waals surface area contributed by atoms with Crippen molar-refractivity contribution >= 4 is 17.3 Å². The molecule has 0 unspecified atom stereocenters.